The van der Waals surface area contributed by atoms with E-state index in [9.17, 15) is 14.3 Å². The molecule has 0 aromatic heterocycles. The van der Waals surface area contributed by atoms with Gasteiger partial charge in [-0.15, -0.1) is 0 Å². The summed E-state index contributed by atoms with van der Waals surface area (Å²) < 4.78 is 23.0. The van der Waals surface area contributed by atoms with Gasteiger partial charge >= 0.3 is 5.97 Å². The van der Waals surface area contributed by atoms with Crippen molar-refractivity contribution < 1.29 is 23.8 Å². The van der Waals surface area contributed by atoms with Crippen LogP contribution in [0.4, 0.5) is 4.39 Å². The quantitative estimate of drug-likeness (QED) is 0.817. The number of aliphatic hydroxyl groups excluding tert-OH is 1. The molecule has 0 aliphatic carbocycles. The van der Waals surface area contributed by atoms with Gasteiger partial charge in [-0.25, -0.2) is 9.18 Å². The Morgan fingerprint density at radius 1 is 1.53 bits per heavy atom. The number of aliphatic hydroxyl groups is 1. The summed E-state index contributed by atoms with van der Waals surface area (Å²) in [5.74, 6) is -1.08. The highest BCUT2D eigenvalue weighted by Gasteiger charge is 2.24. The van der Waals surface area contributed by atoms with Crippen molar-refractivity contribution in [3.63, 3.8) is 0 Å². The Hall–Kier alpha value is -1.62. The van der Waals surface area contributed by atoms with Gasteiger partial charge in [-0.1, -0.05) is 0 Å². The molecular weight excluding hydrogens is 227 g/mol. The van der Waals surface area contributed by atoms with Crippen molar-refractivity contribution in [1.82, 2.24) is 0 Å². The third-order valence-electron chi connectivity index (χ3n) is 2.28. The topological polar surface area (TPSA) is 55.8 Å². The van der Waals surface area contributed by atoms with Gasteiger partial charge in [-0.3, -0.25) is 0 Å². The molecular formula is C12H15FO4. The van der Waals surface area contributed by atoms with Gasteiger partial charge in [0.05, 0.1) is 13.7 Å². The first-order valence-corrected chi connectivity index (χ1v) is 5.20. The molecule has 1 rings (SSSR count). The molecule has 0 fully saturated rings. The van der Waals surface area contributed by atoms with Crippen LogP contribution in [0.25, 0.3) is 0 Å². The minimum Gasteiger partial charge on any atom is -0.496 e. The molecule has 0 amide bonds. The Morgan fingerprint density at radius 2 is 2.18 bits per heavy atom. The highest BCUT2D eigenvalue weighted by Crippen LogP contribution is 2.30. The van der Waals surface area contributed by atoms with Crippen LogP contribution in [0.3, 0.4) is 0 Å². The molecule has 94 valence electrons. The molecule has 4 nitrogen and oxygen atoms in total. The van der Waals surface area contributed by atoms with Gasteiger partial charge < -0.3 is 14.6 Å². The Labute approximate surface area is 99.0 Å². The summed E-state index contributed by atoms with van der Waals surface area (Å²) in [7, 11) is 1.39. The minimum atomic E-state index is -1.54. The summed E-state index contributed by atoms with van der Waals surface area (Å²) >= 11 is 0. The van der Waals surface area contributed by atoms with Gasteiger partial charge in [0.15, 0.2) is 6.10 Å². The van der Waals surface area contributed by atoms with Gasteiger partial charge in [-0.05, 0) is 31.5 Å². The molecule has 0 aliphatic heterocycles. The maximum atomic E-state index is 13.2. The molecule has 0 spiro atoms. The van der Waals surface area contributed by atoms with E-state index < -0.39 is 17.9 Å². The Balaban J connectivity index is 3.15. The Morgan fingerprint density at radius 3 is 2.71 bits per heavy atom. The van der Waals surface area contributed by atoms with E-state index in [4.69, 9.17) is 4.74 Å². The van der Waals surface area contributed by atoms with E-state index in [0.717, 1.165) is 6.07 Å². The fraction of sp³-hybridized carbons (Fsp3) is 0.417. The molecule has 0 heterocycles. The summed E-state index contributed by atoms with van der Waals surface area (Å²) in [5.41, 5.74) is 0.578. The number of ether oxygens (including phenoxy) is 2. The molecule has 0 radical (unpaired) electrons. The molecule has 5 heteroatoms. The average Bonchev–Trinajstić information content (AvgIpc) is 2.27. The van der Waals surface area contributed by atoms with E-state index >= 15 is 0 Å². The van der Waals surface area contributed by atoms with Crippen LogP contribution in [0.5, 0.6) is 5.75 Å². The molecule has 1 N–H and O–H groups in total. The van der Waals surface area contributed by atoms with Crippen LogP contribution in [0.1, 0.15) is 24.2 Å². The third kappa shape index (κ3) is 2.94. The number of aryl methyl sites for hydroxylation is 1. The predicted molar refractivity (Wildman–Crippen MR) is 59.3 cm³/mol. The van der Waals surface area contributed by atoms with Crippen LogP contribution in [-0.4, -0.2) is 24.8 Å². The van der Waals surface area contributed by atoms with Crippen LogP contribution < -0.4 is 4.74 Å². The second kappa shape index (κ2) is 5.63. The Kier molecular flexibility index (Phi) is 4.45. The van der Waals surface area contributed by atoms with E-state index in [-0.39, 0.29) is 17.9 Å². The molecule has 0 saturated heterocycles. The number of halogens is 1. The zero-order valence-corrected chi connectivity index (χ0v) is 9.99. The van der Waals surface area contributed by atoms with Crippen molar-refractivity contribution in [2.45, 2.75) is 20.0 Å². The molecule has 17 heavy (non-hydrogen) atoms. The first kappa shape index (κ1) is 13.4. The number of esters is 1. The van der Waals surface area contributed by atoms with Crippen LogP contribution in [-0.2, 0) is 9.53 Å². The number of hydrogen-bond donors (Lipinski definition) is 1. The van der Waals surface area contributed by atoms with Gasteiger partial charge in [0, 0.05) is 5.56 Å². The molecule has 1 aromatic rings. The van der Waals surface area contributed by atoms with E-state index in [2.05, 4.69) is 4.74 Å². The van der Waals surface area contributed by atoms with Crippen LogP contribution >= 0.6 is 0 Å². The number of benzene rings is 1. The number of methoxy groups -OCH3 is 1. The van der Waals surface area contributed by atoms with Crippen molar-refractivity contribution in [1.29, 1.82) is 0 Å². The maximum Gasteiger partial charge on any atom is 0.339 e. The number of carbonyl (C=O) groups excluding carboxylic acids is 1. The molecule has 0 bridgehead atoms. The Bertz CT molecular complexity index is 417. The summed E-state index contributed by atoms with van der Waals surface area (Å²) in [6.45, 7) is 3.40. The zero-order valence-electron chi connectivity index (χ0n) is 9.99. The second-order valence-electron chi connectivity index (χ2n) is 3.50. The predicted octanol–water partition coefficient (Wildman–Crippen LogP) is 1.74. The smallest absolute Gasteiger partial charge is 0.339 e. The van der Waals surface area contributed by atoms with E-state index in [1.807, 2.05) is 0 Å². The number of carbonyl (C=O) groups is 1. The fourth-order valence-electron chi connectivity index (χ4n) is 1.59. The average molecular weight is 242 g/mol. The van der Waals surface area contributed by atoms with Gasteiger partial charge in [0.2, 0.25) is 0 Å². The standard InChI is InChI=1S/C12H15FO4/c1-4-17-12(15)10(14)9-6-8(13)5-7(2)11(9)16-3/h5-6,10,14H,4H2,1-3H3. The lowest BCUT2D eigenvalue weighted by atomic mass is 10.0. The van der Waals surface area contributed by atoms with Crippen LogP contribution in [0, 0.1) is 12.7 Å². The van der Waals surface area contributed by atoms with Crippen molar-refractivity contribution in [3.05, 3.63) is 29.1 Å². The second-order valence-corrected chi connectivity index (χ2v) is 3.50. The lowest BCUT2D eigenvalue weighted by molar-refractivity contribution is -0.153. The summed E-state index contributed by atoms with van der Waals surface area (Å²) in [5, 5.41) is 9.76. The lowest BCUT2D eigenvalue weighted by Gasteiger charge is -2.15. The van der Waals surface area contributed by atoms with E-state index in [1.165, 1.54) is 13.2 Å². The fourth-order valence-corrected chi connectivity index (χ4v) is 1.59. The first-order chi connectivity index (χ1) is 8.01. The monoisotopic (exact) mass is 242 g/mol. The molecule has 0 saturated carbocycles. The summed E-state index contributed by atoms with van der Waals surface area (Å²) in [6.07, 6.45) is -1.54. The molecule has 1 unspecified atom stereocenters. The third-order valence-corrected chi connectivity index (χ3v) is 2.28. The lowest BCUT2D eigenvalue weighted by Crippen LogP contribution is -2.16. The van der Waals surface area contributed by atoms with Crippen molar-refractivity contribution >= 4 is 5.97 Å². The van der Waals surface area contributed by atoms with Crippen molar-refractivity contribution in [2.24, 2.45) is 0 Å². The van der Waals surface area contributed by atoms with Crippen molar-refractivity contribution in [3.8, 4) is 5.75 Å². The zero-order chi connectivity index (χ0) is 13.0. The van der Waals surface area contributed by atoms with E-state index in [1.54, 1.807) is 13.8 Å². The largest absolute Gasteiger partial charge is 0.496 e. The number of rotatable bonds is 4. The highest BCUT2D eigenvalue weighted by atomic mass is 19.1. The van der Waals surface area contributed by atoms with Gasteiger partial charge in [0.25, 0.3) is 0 Å². The van der Waals surface area contributed by atoms with Crippen LogP contribution in [0.15, 0.2) is 12.1 Å². The SMILES string of the molecule is CCOC(=O)C(O)c1cc(F)cc(C)c1OC. The molecule has 1 atom stereocenters. The normalized spacial score (nSPS) is 12.1. The molecule has 1 aromatic carbocycles. The summed E-state index contributed by atoms with van der Waals surface area (Å²) in [4.78, 5) is 11.4. The number of hydrogen-bond acceptors (Lipinski definition) is 4. The summed E-state index contributed by atoms with van der Waals surface area (Å²) in [6, 6.07) is 2.33. The molecule has 0 aliphatic rings. The highest BCUT2D eigenvalue weighted by molar-refractivity contribution is 5.77. The van der Waals surface area contributed by atoms with Gasteiger partial charge in [-0.2, -0.15) is 0 Å². The maximum absolute atomic E-state index is 13.2. The minimum absolute atomic E-state index is 0.0726. The van der Waals surface area contributed by atoms with Crippen LogP contribution in [0.2, 0.25) is 0 Å². The first-order valence-electron chi connectivity index (χ1n) is 5.20. The van der Waals surface area contributed by atoms with Crippen molar-refractivity contribution in [2.75, 3.05) is 13.7 Å². The van der Waals surface area contributed by atoms with Gasteiger partial charge in [0.1, 0.15) is 11.6 Å². The van der Waals surface area contributed by atoms with E-state index in [0.29, 0.717) is 5.56 Å².